The number of ether oxygens (including phenoxy) is 2. The Morgan fingerprint density at radius 1 is 1.11 bits per heavy atom. The molecule has 0 saturated heterocycles. The van der Waals surface area contributed by atoms with Crippen molar-refractivity contribution in [3.8, 4) is 11.5 Å². The lowest BCUT2D eigenvalue weighted by Gasteiger charge is -2.08. The van der Waals surface area contributed by atoms with Gasteiger partial charge >= 0.3 is 0 Å². The van der Waals surface area contributed by atoms with Gasteiger partial charge in [-0.15, -0.1) is 0 Å². The standard InChI is InChI=1S/C14H12ClNO2/c15-12-6-10(7-13-14(12)18-9-17-13)8-16-11-4-2-1-3-5-11/h1-7,16H,8-9H2. The third-order valence-electron chi connectivity index (χ3n) is 2.76. The van der Waals surface area contributed by atoms with E-state index in [1.54, 1.807) is 0 Å². The number of fused-ring (bicyclic) bond motifs is 1. The van der Waals surface area contributed by atoms with Crippen molar-refractivity contribution in [1.82, 2.24) is 0 Å². The highest BCUT2D eigenvalue weighted by Gasteiger charge is 2.17. The van der Waals surface area contributed by atoms with Crippen LogP contribution in [-0.2, 0) is 6.54 Å². The van der Waals surface area contributed by atoms with Crippen LogP contribution in [0.5, 0.6) is 11.5 Å². The molecule has 0 spiro atoms. The maximum absolute atomic E-state index is 6.12. The van der Waals surface area contributed by atoms with E-state index in [0.717, 1.165) is 11.3 Å². The Balaban J connectivity index is 1.76. The third kappa shape index (κ3) is 2.22. The molecule has 0 saturated carbocycles. The molecule has 0 fully saturated rings. The van der Waals surface area contributed by atoms with E-state index >= 15 is 0 Å². The van der Waals surface area contributed by atoms with E-state index in [-0.39, 0.29) is 6.79 Å². The minimum Gasteiger partial charge on any atom is -0.454 e. The van der Waals surface area contributed by atoms with Crippen molar-refractivity contribution in [2.75, 3.05) is 12.1 Å². The van der Waals surface area contributed by atoms with Crippen LogP contribution in [0.3, 0.4) is 0 Å². The van der Waals surface area contributed by atoms with Gasteiger partial charge in [0.25, 0.3) is 0 Å². The first-order chi connectivity index (χ1) is 8.83. The van der Waals surface area contributed by atoms with E-state index in [9.17, 15) is 0 Å². The summed E-state index contributed by atoms with van der Waals surface area (Å²) in [5.74, 6) is 1.35. The van der Waals surface area contributed by atoms with Crippen LogP contribution in [0.2, 0.25) is 5.02 Å². The summed E-state index contributed by atoms with van der Waals surface area (Å²) in [5, 5.41) is 3.92. The van der Waals surface area contributed by atoms with E-state index in [1.807, 2.05) is 42.5 Å². The second-order valence-electron chi connectivity index (χ2n) is 4.03. The Bertz CT molecular complexity index is 557. The zero-order valence-electron chi connectivity index (χ0n) is 9.65. The van der Waals surface area contributed by atoms with Gasteiger partial charge in [0.15, 0.2) is 11.5 Å². The Morgan fingerprint density at radius 3 is 2.78 bits per heavy atom. The van der Waals surface area contributed by atoms with Crippen LogP contribution >= 0.6 is 11.6 Å². The van der Waals surface area contributed by atoms with E-state index in [2.05, 4.69) is 5.32 Å². The molecule has 0 bridgehead atoms. The molecule has 2 aromatic rings. The van der Waals surface area contributed by atoms with Gasteiger partial charge in [-0.2, -0.15) is 0 Å². The first kappa shape index (κ1) is 11.2. The summed E-state index contributed by atoms with van der Waals surface area (Å²) in [6.45, 7) is 0.936. The number of nitrogens with one attached hydrogen (secondary N) is 1. The van der Waals surface area contributed by atoms with Gasteiger partial charge in [0, 0.05) is 12.2 Å². The molecule has 4 heteroatoms. The first-order valence-electron chi connectivity index (χ1n) is 5.70. The number of para-hydroxylation sites is 1. The molecule has 0 unspecified atom stereocenters. The molecule has 0 atom stereocenters. The molecule has 3 nitrogen and oxygen atoms in total. The van der Waals surface area contributed by atoms with Crippen LogP contribution in [0.4, 0.5) is 5.69 Å². The maximum atomic E-state index is 6.12. The lowest BCUT2D eigenvalue weighted by Crippen LogP contribution is -1.99. The summed E-state index contributed by atoms with van der Waals surface area (Å²) in [6, 6.07) is 13.9. The average Bonchev–Trinajstić information content (AvgIpc) is 2.86. The van der Waals surface area contributed by atoms with Crippen LogP contribution in [0.1, 0.15) is 5.56 Å². The summed E-state index contributed by atoms with van der Waals surface area (Å²) >= 11 is 6.12. The molecule has 18 heavy (non-hydrogen) atoms. The van der Waals surface area contributed by atoms with Crippen molar-refractivity contribution < 1.29 is 9.47 Å². The fraction of sp³-hybridized carbons (Fsp3) is 0.143. The number of halogens is 1. The Morgan fingerprint density at radius 2 is 1.94 bits per heavy atom. The van der Waals surface area contributed by atoms with Crippen LogP contribution in [0.15, 0.2) is 42.5 Å². The molecular weight excluding hydrogens is 250 g/mol. The lowest BCUT2D eigenvalue weighted by molar-refractivity contribution is 0.174. The Labute approximate surface area is 110 Å². The van der Waals surface area contributed by atoms with Crippen molar-refractivity contribution in [1.29, 1.82) is 0 Å². The smallest absolute Gasteiger partial charge is 0.231 e. The van der Waals surface area contributed by atoms with Crippen molar-refractivity contribution in [2.45, 2.75) is 6.54 Å². The molecule has 0 aliphatic carbocycles. The molecule has 3 rings (SSSR count). The van der Waals surface area contributed by atoms with Crippen molar-refractivity contribution in [2.24, 2.45) is 0 Å². The topological polar surface area (TPSA) is 30.5 Å². The predicted molar refractivity (Wildman–Crippen MR) is 71.3 cm³/mol. The normalized spacial score (nSPS) is 12.5. The van der Waals surface area contributed by atoms with Gasteiger partial charge < -0.3 is 14.8 Å². The largest absolute Gasteiger partial charge is 0.454 e. The summed E-state index contributed by atoms with van der Waals surface area (Å²) in [7, 11) is 0. The zero-order chi connectivity index (χ0) is 12.4. The molecule has 0 amide bonds. The molecule has 2 aromatic carbocycles. The summed E-state index contributed by atoms with van der Waals surface area (Å²) in [6.07, 6.45) is 0. The molecule has 0 aromatic heterocycles. The van der Waals surface area contributed by atoms with Crippen molar-refractivity contribution >= 4 is 17.3 Å². The molecule has 1 N–H and O–H groups in total. The SMILES string of the molecule is Clc1cc(CNc2ccccc2)cc2c1OCO2. The summed E-state index contributed by atoms with van der Waals surface area (Å²) in [5.41, 5.74) is 2.14. The number of benzene rings is 2. The van der Waals surface area contributed by atoms with Gasteiger partial charge in [-0.1, -0.05) is 29.8 Å². The molecule has 92 valence electrons. The monoisotopic (exact) mass is 261 g/mol. The van der Waals surface area contributed by atoms with E-state index in [4.69, 9.17) is 21.1 Å². The molecule has 1 aliphatic heterocycles. The lowest BCUT2D eigenvalue weighted by atomic mass is 10.2. The van der Waals surface area contributed by atoms with E-state index < -0.39 is 0 Å². The average molecular weight is 262 g/mol. The molecule has 1 heterocycles. The molecule has 0 radical (unpaired) electrons. The number of hydrogen-bond donors (Lipinski definition) is 1. The molecule has 1 aliphatic rings. The highest BCUT2D eigenvalue weighted by atomic mass is 35.5. The number of hydrogen-bond acceptors (Lipinski definition) is 3. The zero-order valence-corrected chi connectivity index (χ0v) is 10.4. The second kappa shape index (κ2) is 4.78. The minimum absolute atomic E-state index is 0.241. The fourth-order valence-electron chi connectivity index (χ4n) is 1.88. The predicted octanol–water partition coefficient (Wildman–Crippen LogP) is 3.68. The van der Waals surface area contributed by atoms with Crippen LogP contribution in [0.25, 0.3) is 0 Å². The fourth-order valence-corrected chi connectivity index (χ4v) is 2.17. The van der Waals surface area contributed by atoms with Gasteiger partial charge in [0.1, 0.15) is 0 Å². The number of anilines is 1. The Kier molecular flexibility index (Phi) is 2.99. The van der Waals surface area contributed by atoms with Crippen LogP contribution in [-0.4, -0.2) is 6.79 Å². The van der Waals surface area contributed by atoms with Crippen LogP contribution < -0.4 is 14.8 Å². The van der Waals surface area contributed by atoms with Gasteiger partial charge in [-0.25, -0.2) is 0 Å². The molecular formula is C14H12ClNO2. The quantitative estimate of drug-likeness (QED) is 0.914. The van der Waals surface area contributed by atoms with Gasteiger partial charge in [-0.3, -0.25) is 0 Å². The van der Waals surface area contributed by atoms with Crippen molar-refractivity contribution in [3.05, 3.63) is 53.1 Å². The van der Waals surface area contributed by atoms with E-state index in [0.29, 0.717) is 23.1 Å². The number of rotatable bonds is 3. The third-order valence-corrected chi connectivity index (χ3v) is 3.04. The van der Waals surface area contributed by atoms with Gasteiger partial charge in [0.05, 0.1) is 5.02 Å². The van der Waals surface area contributed by atoms with Gasteiger partial charge in [-0.05, 0) is 29.8 Å². The minimum atomic E-state index is 0.241. The summed E-state index contributed by atoms with van der Waals surface area (Å²) < 4.78 is 10.6. The highest BCUT2D eigenvalue weighted by Crippen LogP contribution is 2.39. The summed E-state index contributed by atoms with van der Waals surface area (Å²) in [4.78, 5) is 0. The maximum Gasteiger partial charge on any atom is 0.231 e. The van der Waals surface area contributed by atoms with Crippen molar-refractivity contribution in [3.63, 3.8) is 0 Å². The van der Waals surface area contributed by atoms with Gasteiger partial charge in [0.2, 0.25) is 6.79 Å². The van der Waals surface area contributed by atoms with Crippen LogP contribution in [0, 0.1) is 0 Å². The first-order valence-corrected chi connectivity index (χ1v) is 6.08. The second-order valence-corrected chi connectivity index (χ2v) is 4.44. The van der Waals surface area contributed by atoms with E-state index in [1.165, 1.54) is 0 Å². The highest BCUT2D eigenvalue weighted by molar-refractivity contribution is 6.32. The Hall–Kier alpha value is -1.87.